The highest BCUT2D eigenvalue weighted by atomic mass is 32.1. The third-order valence-corrected chi connectivity index (χ3v) is 3.18. The second-order valence-corrected chi connectivity index (χ2v) is 4.29. The fraction of sp³-hybridized carbons (Fsp3) is 0.444. The molecule has 1 aromatic rings. The molecule has 2 rings (SSSR count). The number of hydrogen-bond donors (Lipinski definition) is 2. The van der Waals surface area contributed by atoms with Gasteiger partial charge in [0, 0.05) is 6.04 Å². The molecular weight excluding hydrogens is 216 g/mol. The summed E-state index contributed by atoms with van der Waals surface area (Å²) >= 11 is 0.920. The molecule has 15 heavy (non-hydrogen) atoms. The number of nitrogens with zero attached hydrogens (tertiary/aromatic N) is 1. The third kappa shape index (κ3) is 2.15. The van der Waals surface area contributed by atoms with Gasteiger partial charge in [-0.25, -0.2) is 4.79 Å². The van der Waals surface area contributed by atoms with Crippen LogP contribution in [-0.2, 0) is 0 Å². The molecule has 1 aliphatic carbocycles. The number of aromatic carboxylic acids is 1. The van der Waals surface area contributed by atoms with E-state index in [1.165, 1.54) is 6.07 Å². The number of amides is 1. The van der Waals surface area contributed by atoms with Crippen LogP contribution >= 0.6 is 11.5 Å². The van der Waals surface area contributed by atoms with Gasteiger partial charge in [-0.2, -0.15) is 4.37 Å². The number of carboxylic acid groups (broad SMARTS) is 1. The summed E-state index contributed by atoms with van der Waals surface area (Å²) in [7, 11) is 0. The monoisotopic (exact) mass is 226 g/mol. The van der Waals surface area contributed by atoms with Crippen molar-refractivity contribution in [3.63, 3.8) is 0 Å². The Labute approximate surface area is 90.3 Å². The maximum atomic E-state index is 11.6. The molecule has 1 aliphatic rings. The van der Waals surface area contributed by atoms with Gasteiger partial charge in [-0.3, -0.25) is 4.79 Å². The Bertz CT molecular complexity index is 398. The van der Waals surface area contributed by atoms with Crippen molar-refractivity contribution in [2.24, 2.45) is 0 Å². The molecule has 0 aromatic carbocycles. The zero-order chi connectivity index (χ0) is 10.8. The van der Waals surface area contributed by atoms with Crippen molar-refractivity contribution in [3.8, 4) is 0 Å². The van der Waals surface area contributed by atoms with E-state index in [0.717, 1.165) is 30.8 Å². The lowest BCUT2D eigenvalue weighted by molar-refractivity contribution is 0.0692. The van der Waals surface area contributed by atoms with Crippen LogP contribution in [-0.4, -0.2) is 27.4 Å². The average molecular weight is 226 g/mol. The first-order valence-electron chi connectivity index (χ1n) is 4.67. The summed E-state index contributed by atoms with van der Waals surface area (Å²) in [6.45, 7) is 0. The van der Waals surface area contributed by atoms with Crippen molar-refractivity contribution in [3.05, 3.63) is 16.6 Å². The molecule has 1 heterocycles. The molecule has 0 bridgehead atoms. The molecule has 0 aliphatic heterocycles. The van der Waals surface area contributed by atoms with Gasteiger partial charge >= 0.3 is 5.97 Å². The van der Waals surface area contributed by atoms with Gasteiger partial charge in [0.15, 0.2) is 5.69 Å². The van der Waals surface area contributed by atoms with Gasteiger partial charge < -0.3 is 10.4 Å². The lowest BCUT2D eigenvalue weighted by Gasteiger charge is -2.25. The Morgan fingerprint density at radius 3 is 2.73 bits per heavy atom. The maximum Gasteiger partial charge on any atom is 0.355 e. The fourth-order valence-electron chi connectivity index (χ4n) is 1.29. The van der Waals surface area contributed by atoms with E-state index in [4.69, 9.17) is 5.11 Å². The summed E-state index contributed by atoms with van der Waals surface area (Å²) in [5, 5.41) is 11.5. The van der Waals surface area contributed by atoms with Gasteiger partial charge in [-0.15, -0.1) is 0 Å². The predicted octanol–water partition coefficient (Wildman–Crippen LogP) is 1.12. The fourth-order valence-corrected chi connectivity index (χ4v) is 1.93. The quantitative estimate of drug-likeness (QED) is 0.809. The summed E-state index contributed by atoms with van der Waals surface area (Å²) in [6.07, 6.45) is 3.17. The van der Waals surface area contributed by atoms with Crippen LogP contribution < -0.4 is 5.32 Å². The van der Waals surface area contributed by atoms with Crippen LogP contribution in [0.1, 0.15) is 39.4 Å². The summed E-state index contributed by atoms with van der Waals surface area (Å²) in [5.74, 6) is -1.32. The third-order valence-electron chi connectivity index (χ3n) is 2.39. The minimum Gasteiger partial charge on any atom is -0.476 e. The Morgan fingerprint density at radius 2 is 2.27 bits per heavy atom. The van der Waals surface area contributed by atoms with E-state index in [0.29, 0.717) is 4.88 Å². The van der Waals surface area contributed by atoms with Crippen molar-refractivity contribution in [2.45, 2.75) is 25.3 Å². The molecule has 0 radical (unpaired) electrons. The molecule has 0 saturated heterocycles. The molecule has 1 amide bonds. The number of carbonyl (C=O) groups is 2. The van der Waals surface area contributed by atoms with Crippen LogP contribution in [0.15, 0.2) is 6.07 Å². The molecule has 0 atom stereocenters. The summed E-state index contributed by atoms with van der Waals surface area (Å²) in [5.41, 5.74) is -0.0706. The van der Waals surface area contributed by atoms with Crippen LogP contribution in [0.5, 0.6) is 0 Å². The van der Waals surface area contributed by atoms with Crippen LogP contribution in [0.2, 0.25) is 0 Å². The molecular formula is C9H10N2O3S. The largest absolute Gasteiger partial charge is 0.476 e. The number of carbonyl (C=O) groups excluding carboxylic acids is 1. The lowest BCUT2D eigenvalue weighted by Crippen LogP contribution is -2.39. The number of carboxylic acids is 1. The Balaban J connectivity index is 2.01. The smallest absolute Gasteiger partial charge is 0.355 e. The van der Waals surface area contributed by atoms with E-state index in [9.17, 15) is 9.59 Å². The summed E-state index contributed by atoms with van der Waals surface area (Å²) in [6, 6.07) is 1.56. The van der Waals surface area contributed by atoms with E-state index in [-0.39, 0.29) is 17.6 Å². The molecule has 1 aromatic heterocycles. The summed E-state index contributed by atoms with van der Waals surface area (Å²) in [4.78, 5) is 22.4. The zero-order valence-electron chi connectivity index (χ0n) is 7.90. The normalized spacial score (nSPS) is 15.7. The molecule has 0 unspecified atom stereocenters. The topological polar surface area (TPSA) is 79.3 Å². The van der Waals surface area contributed by atoms with Crippen LogP contribution in [0.3, 0.4) is 0 Å². The van der Waals surface area contributed by atoms with E-state index in [1.54, 1.807) is 0 Å². The first-order chi connectivity index (χ1) is 7.16. The van der Waals surface area contributed by atoms with Crippen molar-refractivity contribution in [1.29, 1.82) is 0 Å². The minimum atomic E-state index is -1.10. The van der Waals surface area contributed by atoms with Gasteiger partial charge in [0.05, 0.1) is 0 Å². The molecule has 1 fully saturated rings. The maximum absolute atomic E-state index is 11.6. The van der Waals surface area contributed by atoms with Crippen LogP contribution in [0.25, 0.3) is 0 Å². The van der Waals surface area contributed by atoms with Crippen LogP contribution in [0, 0.1) is 0 Å². The molecule has 6 heteroatoms. The van der Waals surface area contributed by atoms with Gasteiger partial charge in [0.25, 0.3) is 5.91 Å². The molecule has 1 saturated carbocycles. The van der Waals surface area contributed by atoms with Gasteiger partial charge in [-0.05, 0) is 36.9 Å². The van der Waals surface area contributed by atoms with Gasteiger partial charge in [0.2, 0.25) is 0 Å². The highest BCUT2D eigenvalue weighted by Crippen LogP contribution is 2.19. The van der Waals surface area contributed by atoms with Gasteiger partial charge in [0.1, 0.15) is 4.88 Å². The predicted molar refractivity (Wildman–Crippen MR) is 54.2 cm³/mol. The molecule has 0 spiro atoms. The second-order valence-electron chi connectivity index (χ2n) is 3.48. The number of aromatic nitrogens is 1. The molecule has 80 valence electrons. The first kappa shape index (κ1) is 10.1. The van der Waals surface area contributed by atoms with Crippen LogP contribution in [0.4, 0.5) is 0 Å². The van der Waals surface area contributed by atoms with Crippen molar-refractivity contribution >= 4 is 23.4 Å². The zero-order valence-corrected chi connectivity index (χ0v) is 8.71. The number of nitrogens with one attached hydrogen (secondary N) is 1. The van der Waals surface area contributed by atoms with Crippen molar-refractivity contribution in [2.75, 3.05) is 0 Å². The van der Waals surface area contributed by atoms with E-state index in [1.807, 2.05) is 0 Å². The highest BCUT2D eigenvalue weighted by molar-refractivity contribution is 7.08. The average Bonchev–Trinajstić information content (AvgIpc) is 2.59. The van der Waals surface area contributed by atoms with Crippen molar-refractivity contribution in [1.82, 2.24) is 9.69 Å². The molecule has 5 nitrogen and oxygen atoms in total. The number of hydrogen-bond acceptors (Lipinski definition) is 4. The lowest BCUT2D eigenvalue weighted by atomic mass is 9.93. The molecule has 2 N–H and O–H groups in total. The SMILES string of the molecule is O=C(O)c1cc(C(=O)NC2CCC2)sn1. The first-order valence-corrected chi connectivity index (χ1v) is 5.45. The summed E-state index contributed by atoms with van der Waals surface area (Å²) < 4.78 is 3.67. The standard InChI is InChI=1S/C9H10N2O3S/c12-8(10-5-2-1-3-5)7-4-6(9(13)14)11-15-7/h4-5H,1-3H2,(H,10,12)(H,13,14). The highest BCUT2D eigenvalue weighted by Gasteiger charge is 2.21. The van der Waals surface area contributed by atoms with E-state index < -0.39 is 5.97 Å². The second kappa shape index (κ2) is 3.98. The Kier molecular flexibility index (Phi) is 2.68. The van der Waals surface area contributed by atoms with E-state index >= 15 is 0 Å². The number of rotatable bonds is 3. The van der Waals surface area contributed by atoms with Gasteiger partial charge in [-0.1, -0.05) is 0 Å². The van der Waals surface area contributed by atoms with E-state index in [2.05, 4.69) is 9.69 Å². The Morgan fingerprint density at radius 1 is 1.53 bits per heavy atom. The van der Waals surface area contributed by atoms with Crippen molar-refractivity contribution < 1.29 is 14.7 Å². The minimum absolute atomic E-state index is 0.0706. The Hall–Kier alpha value is -1.43.